The van der Waals surface area contributed by atoms with Crippen molar-refractivity contribution in [2.45, 2.75) is 37.8 Å². The number of ether oxygens (including phenoxy) is 3. The number of pyridine rings is 1. The second-order valence-electron chi connectivity index (χ2n) is 7.01. The van der Waals surface area contributed by atoms with E-state index >= 15 is 0 Å². The number of methoxy groups -OCH3 is 3. The Kier molecular flexibility index (Phi) is 5.30. The summed E-state index contributed by atoms with van der Waals surface area (Å²) < 4.78 is 18.4. The number of nitrogens with zero attached hydrogens (tertiary/aromatic N) is 2. The average Bonchev–Trinajstić information content (AvgIpc) is 2.91. The molecule has 0 N–H and O–H groups in total. The molecule has 2 atom stereocenters. The van der Waals surface area contributed by atoms with Gasteiger partial charge in [0.25, 0.3) is 0 Å². The van der Waals surface area contributed by atoms with Crippen LogP contribution in [0, 0.1) is 0 Å². The van der Waals surface area contributed by atoms with Gasteiger partial charge in [0.05, 0.1) is 27.4 Å². The Morgan fingerprint density at radius 1 is 1.00 bits per heavy atom. The molecule has 6 heteroatoms. The van der Waals surface area contributed by atoms with Crippen molar-refractivity contribution < 1.29 is 14.2 Å². The Labute approximate surface area is 160 Å². The van der Waals surface area contributed by atoms with E-state index in [1.807, 2.05) is 28.9 Å². The lowest BCUT2D eigenvalue weighted by atomic mass is 9.83. The van der Waals surface area contributed by atoms with E-state index in [4.69, 9.17) is 26.0 Å². The van der Waals surface area contributed by atoms with Crippen LogP contribution in [0.1, 0.15) is 43.4 Å². The van der Waals surface area contributed by atoms with Gasteiger partial charge >= 0.3 is 0 Å². The van der Waals surface area contributed by atoms with Crippen LogP contribution in [-0.4, -0.2) is 36.3 Å². The van der Waals surface area contributed by atoms with E-state index in [-0.39, 0.29) is 17.5 Å². The number of hydrogen-bond donors (Lipinski definition) is 0. The van der Waals surface area contributed by atoms with Crippen molar-refractivity contribution >= 4 is 11.8 Å². The molecule has 26 heavy (non-hydrogen) atoms. The average molecular weight is 377 g/mol. The van der Waals surface area contributed by atoms with Gasteiger partial charge in [-0.2, -0.15) is 0 Å². The van der Waals surface area contributed by atoms with Crippen molar-refractivity contribution in [1.82, 2.24) is 9.40 Å². The molecule has 0 spiro atoms. The van der Waals surface area contributed by atoms with Crippen molar-refractivity contribution in [1.29, 1.82) is 0 Å². The minimum absolute atomic E-state index is 0.0264. The van der Waals surface area contributed by atoms with Crippen LogP contribution in [0.4, 0.5) is 0 Å². The summed E-state index contributed by atoms with van der Waals surface area (Å²) in [6, 6.07) is 8.11. The topological polar surface area (TPSA) is 43.8 Å². The van der Waals surface area contributed by atoms with Crippen LogP contribution >= 0.6 is 11.8 Å². The standard InChI is InChI=1S/C20H25ClN2O3/c1-20(2)15(13-6-8-22-9-7-13)12-16(23(20)21)14-10-17(24-3)19(26-5)18(11-14)25-4/h6-11,15-16H,12H2,1-5H3/t15-,16-/m0/s1. The zero-order valence-electron chi connectivity index (χ0n) is 15.8. The summed E-state index contributed by atoms with van der Waals surface area (Å²) in [4.78, 5) is 4.13. The molecule has 0 aliphatic carbocycles. The van der Waals surface area contributed by atoms with Crippen LogP contribution in [-0.2, 0) is 0 Å². The summed E-state index contributed by atoms with van der Waals surface area (Å²) in [6.45, 7) is 4.34. The molecule has 1 saturated heterocycles. The molecule has 0 bridgehead atoms. The Morgan fingerprint density at radius 3 is 2.08 bits per heavy atom. The highest BCUT2D eigenvalue weighted by atomic mass is 35.5. The molecular weight excluding hydrogens is 352 g/mol. The molecule has 2 aromatic rings. The van der Waals surface area contributed by atoms with Crippen LogP contribution in [0.2, 0.25) is 0 Å². The van der Waals surface area contributed by atoms with E-state index in [9.17, 15) is 0 Å². The zero-order chi connectivity index (χ0) is 18.9. The lowest BCUT2D eigenvalue weighted by Crippen LogP contribution is -2.36. The molecule has 1 fully saturated rings. The van der Waals surface area contributed by atoms with Crippen LogP contribution in [0.25, 0.3) is 0 Å². The highest BCUT2D eigenvalue weighted by Gasteiger charge is 2.48. The van der Waals surface area contributed by atoms with Gasteiger partial charge in [0.1, 0.15) is 0 Å². The van der Waals surface area contributed by atoms with Gasteiger partial charge in [-0.15, -0.1) is 0 Å². The predicted molar refractivity (Wildman–Crippen MR) is 102 cm³/mol. The fourth-order valence-electron chi connectivity index (χ4n) is 3.86. The van der Waals surface area contributed by atoms with Crippen molar-refractivity contribution in [3.05, 3.63) is 47.8 Å². The SMILES string of the molecule is COc1cc([C@@H]2C[C@@H](c3ccncc3)C(C)(C)N2Cl)cc(OC)c1OC. The molecule has 1 aromatic carbocycles. The smallest absolute Gasteiger partial charge is 0.203 e. The van der Waals surface area contributed by atoms with Crippen molar-refractivity contribution in [3.63, 3.8) is 0 Å². The molecule has 3 rings (SSSR count). The monoisotopic (exact) mass is 376 g/mol. The van der Waals surface area contributed by atoms with E-state index < -0.39 is 0 Å². The maximum atomic E-state index is 6.82. The zero-order valence-corrected chi connectivity index (χ0v) is 16.6. The maximum Gasteiger partial charge on any atom is 0.203 e. The molecule has 0 saturated carbocycles. The Balaban J connectivity index is 2.02. The minimum atomic E-state index is -0.214. The second kappa shape index (κ2) is 7.33. The van der Waals surface area contributed by atoms with Crippen LogP contribution in [0.5, 0.6) is 17.2 Å². The lowest BCUT2D eigenvalue weighted by Gasteiger charge is -2.33. The third-order valence-electron chi connectivity index (χ3n) is 5.32. The lowest BCUT2D eigenvalue weighted by molar-refractivity contribution is 0.243. The first-order valence-electron chi connectivity index (χ1n) is 8.59. The van der Waals surface area contributed by atoms with E-state index in [1.54, 1.807) is 21.3 Å². The second-order valence-corrected chi connectivity index (χ2v) is 7.37. The quantitative estimate of drug-likeness (QED) is 0.715. The number of benzene rings is 1. The molecule has 2 heterocycles. The summed E-state index contributed by atoms with van der Waals surface area (Å²) in [7, 11) is 4.85. The van der Waals surface area contributed by atoms with E-state index in [2.05, 4.69) is 31.0 Å². The summed E-state index contributed by atoms with van der Waals surface area (Å²) >= 11 is 6.82. The molecule has 0 amide bonds. The Morgan fingerprint density at radius 2 is 1.58 bits per heavy atom. The summed E-state index contributed by atoms with van der Waals surface area (Å²) in [5.41, 5.74) is 2.07. The van der Waals surface area contributed by atoms with Gasteiger partial charge in [-0.1, -0.05) is 0 Å². The first-order chi connectivity index (χ1) is 12.4. The summed E-state index contributed by atoms with van der Waals surface area (Å²) in [6.07, 6.45) is 4.55. The third kappa shape index (κ3) is 3.10. The molecule has 1 aromatic heterocycles. The normalized spacial score (nSPS) is 22.2. The van der Waals surface area contributed by atoms with Gasteiger partial charge in [0.15, 0.2) is 11.5 Å². The predicted octanol–water partition coefficient (Wildman–Crippen LogP) is 4.57. The van der Waals surface area contributed by atoms with Crippen LogP contribution in [0.3, 0.4) is 0 Å². The molecule has 0 unspecified atom stereocenters. The van der Waals surface area contributed by atoms with Gasteiger partial charge < -0.3 is 14.2 Å². The first kappa shape index (κ1) is 18.8. The molecule has 5 nitrogen and oxygen atoms in total. The minimum Gasteiger partial charge on any atom is -0.493 e. The van der Waals surface area contributed by atoms with E-state index in [0.717, 1.165) is 12.0 Å². The van der Waals surface area contributed by atoms with Gasteiger partial charge in [-0.3, -0.25) is 4.98 Å². The Hall–Kier alpha value is -1.98. The summed E-state index contributed by atoms with van der Waals surface area (Å²) in [5, 5.41) is 0. The van der Waals surface area contributed by atoms with Crippen molar-refractivity contribution in [2.24, 2.45) is 0 Å². The van der Waals surface area contributed by atoms with Gasteiger partial charge in [-0.25, -0.2) is 4.42 Å². The van der Waals surface area contributed by atoms with Gasteiger partial charge in [0, 0.05) is 23.9 Å². The molecule has 1 aliphatic heterocycles. The molecular formula is C20H25ClN2O3. The number of halogens is 1. The van der Waals surface area contributed by atoms with Crippen LogP contribution < -0.4 is 14.2 Å². The highest BCUT2D eigenvalue weighted by Crippen LogP contribution is 2.53. The van der Waals surface area contributed by atoms with Crippen molar-refractivity contribution in [2.75, 3.05) is 21.3 Å². The molecule has 1 aliphatic rings. The largest absolute Gasteiger partial charge is 0.493 e. The number of aromatic nitrogens is 1. The number of rotatable bonds is 5. The third-order valence-corrected chi connectivity index (χ3v) is 5.99. The fourth-order valence-corrected chi connectivity index (χ4v) is 4.17. The highest BCUT2D eigenvalue weighted by molar-refractivity contribution is 6.14. The van der Waals surface area contributed by atoms with Crippen LogP contribution in [0.15, 0.2) is 36.7 Å². The van der Waals surface area contributed by atoms with Gasteiger partial charge in [0.2, 0.25) is 5.75 Å². The van der Waals surface area contributed by atoms with Gasteiger partial charge in [-0.05, 0) is 67.4 Å². The summed E-state index contributed by atoms with van der Waals surface area (Å²) in [5.74, 6) is 2.14. The molecule has 140 valence electrons. The molecule has 0 radical (unpaired) electrons. The first-order valence-corrected chi connectivity index (χ1v) is 8.92. The van der Waals surface area contributed by atoms with Crippen molar-refractivity contribution in [3.8, 4) is 17.2 Å². The Bertz CT molecular complexity index is 742. The maximum absolute atomic E-state index is 6.82. The number of hydrogen-bond acceptors (Lipinski definition) is 5. The van der Waals surface area contributed by atoms with E-state index in [0.29, 0.717) is 17.2 Å². The van der Waals surface area contributed by atoms with E-state index in [1.165, 1.54) is 5.56 Å². The fraction of sp³-hybridized carbons (Fsp3) is 0.450.